The summed E-state index contributed by atoms with van der Waals surface area (Å²) < 4.78 is 0. The predicted octanol–water partition coefficient (Wildman–Crippen LogP) is -3.49. The van der Waals surface area contributed by atoms with Crippen molar-refractivity contribution in [2.24, 2.45) is 11.5 Å². The van der Waals surface area contributed by atoms with Crippen LogP contribution in [0.4, 0.5) is 0 Å². The second kappa shape index (κ2) is 4.24. The van der Waals surface area contributed by atoms with Crippen LogP contribution < -0.4 is 11.5 Å². The fourth-order valence-corrected chi connectivity index (χ4v) is 0.518. The molecule has 0 aliphatic rings. The molecule has 0 aliphatic carbocycles. The molecule has 6 heteroatoms. The van der Waals surface area contributed by atoms with Crippen LogP contribution in [0.1, 0.15) is 0 Å². The molecule has 0 aliphatic heterocycles. The fraction of sp³-hybridized carbons (Fsp3) is 0.800. The third kappa shape index (κ3) is 2.81. The van der Waals surface area contributed by atoms with Gasteiger partial charge in [0.1, 0.15) is 6.10 Å². The van der Waals surface area contributed by atoms with Crippen LogP contribution in [0.15, 0.2) is 0 Å². The highest BCUT2D eigenvalue weighted by molar-refractivity contribution is 5.79. The molecule has 0 heterocycles. The Balaban J connectivity index is 4.00. The summed E-state index contributed by atoms with van der Waals surface area (Å²) in [5.41, 5.74) is 9.57. The van der Waals surface area contributed by atoms with Gasteiger partial charge in [0.05, 0.1) is 6.10 Å². The van der Waals surface area contributed by atoms with Crippen LogP contribution in [0.2, 0.25) is 0 Å². The summed E-state index contributed by atoms with van der Waals surface area (Å²) >= 11 is 0. The normalized spacial score (nSPS) is 18.9. The molecule has 6 nitrogen and oxygen atoms in total. The number of hydrogen-bond donors (Lipinski definition) is 5. The number of carbonyl (C=O) groups is 1. The van der Waals surface area contributed by atoms with Gasteiger partial charge in [0.15, 0.2) is 6.10 Å². The van der Waals surface area contributed by atoms with E-state index in [2.05, 4.69) is 5.73 Å². The minimum atomic E-state index is -1.77. The number of aliphatic hydroxyl groups is 3. The van der Waals surface area contributed by atoms with E-state index in [4.69, 9.17) is 21.1 Å². The molecule has 0 fully saturated rings. The predicted molar refractivity (Wildman–Crippen MR) is 36.3 cm³/mol. The third-order valence-electron chi connectivity index (χ3n) is 1.25. The second-order valence-electron chi connectivity index (χ2n) is 2.14. The molecular formula is C5H12N2O4. The lowest BCUT2D eigenvalue weighted by Gasteiger charge is -2.18. The monoisotopic (exact) mass is 164 g/mol. The maximum Gasteiger partial charge on any atom is 0.249 e. The first-order valence-electron chi connectivity index (χ1n) is 3.04. The van der Waals surface area contributed by atoms with E-state index in [0.29, 0.717) is 0 Å². The summed E-state index contributed by atoms with van der Waals surface area (Å²) in [7, 11) is 0. The standard InChI is InChI=1S/C5H12N2O4/c6-1-2(8)3(9)4(10)5(7)11/h2-4,8-10H,1,6H2,(H2,7,11)/t2-,3-,4+/m1/s1. The zero-order valence-corrected chi connectivity index (χ0v) is 5.84. The topological polar surface area (TPSA) is 130 Å². The fourth-order valence-electron chi connectivity index (χ4n) is 0.518. The number of hydrogen-bond acceptors (Lipinski definition) is 5. The SMILES string of the molecule is NC[C@@H](O)[C@@H](O)[C@H](O)C(N)=O. The van der Waals surface area contributed by atoms with E-state index in [1.165, 1.54) is 0 Å². The van der Waals surface area contributed by atoms with E-state index in [1.54, 1.807) is 0 Å². The van der Waals surface area contributed by atoms with E-state index in [9.17, 15) is 4.79 Å². The van der Waals surface area contributed by atoms with Crippen LogP contribution in [-0.4, -0.2) is 46.1 Å². The Morgan fingerprint density at radius 1 is 1.36 bits per heavy atom. The number of primary amides is 1. The zero-order valence-electron chi connectivity index (χ0n) is 5.84. The van der Waals surface area contributed by atoms with Gasteiger partial charge in [-0.2, -0.15) is 0 Å². The third-order valence-corrected chi connectivity index (χ3v) is 1.25. The van der Waals surface area contributed by atoms with E-state index in [0.717, 1.165) is 0 Å². The Morgan fingerprint density at radius 3 is 2.09 bits per heavy atom. The van der Waals surface area contributed by atoms with Gasteiger partial charge in [0.2, 0.25) is 5.91 Å². The van der Waals surface area contributed by atoms with Gasteiger partial charge in [0, 0.05) is 6.54 Å². The van der Waals surface area contributed by atoms with Gasteiger partial charge >= 0.3 is 0 Å². The van der Waals surface area contributed by atoms with Crippen LogP contribution in [0.3, 0.4) is 0 Å². The first-order valence-corrected chi connectivity index (χ1v) is 3.04. The summed E-state index contributed by atoms with van der Waals surface area (Å²) in [6, 6.07) is 0. The molecule has 3 atom stereocenters. The summed E-state index contributed by atoms with van der Waals surface area (Å²) in [5.74, 6) is -1.09. The van der Waals surface area contributed by atoms with E-state index in [-0.39, 0.29) is 6.54 Å². The molecule has 0 bridgehead atoms. The maximum absolute atomic E-state index is 10.2. The minimum absolute atomic E-state index is 0.245. The molecule has 0 spiro atoms. The number of amides is 1. The summed E-state index contributed by atoms with van der Waals surface area (Å²) in [6.45, 7) is -0.245. The van der Waals surface area contributed by atoms with Gasteiger partial charge in [-0.1, -0.05) is 0 Å². The Kier molecular flexibility index (Phi) is 3.98. The molecule has 0 aromatic heterocycles. The van der Waals surface area contributed by atoms with Gasteiger partial charge in [-0.05, 0) is 0 Å². The lowest BCUT2D eigenvalue weighted by Crippen LogP contribution is -2.47. The minimum Gasteiger partial charge on any atom is -0.389 e. The van der Waals surface area contributed by atoms with E-state index >= 15 is 0 Å². The Labute approximate surface area is 63.4 Å². The summed E-state index contributed by atoms with van der Waals surface area (Å²) in [6.07, 6.45) is -4.72. The van der Waals surface area contributed by atoms with Gasteiger partial charge in [0.25, 0.3) is 0 Å². The van der Waals surface area contributed by atoms with Crippen molar-refractivity contribution in [3.05, 3.63) is 0 Å². The van der Waals surface area contributed by atoms with Crippen molar-refractivity contribution in [1.29, 1.82) is 0 Å². The van der Waals surface area contributed by atoms with Crippen LogP contribution >= 0.6 is 0 Å². The molecule has 0 aromatic rings. The first-order chi connectivity index (χ1) is 5.00. The number of rotatable bonds is 4. The molecule has 0 aromatic carbocycles. The van der Waals surface area contributed by atoms with Crippen LogP contribution in [-0.2, 0) is 4.79 Å². The zero-order chi connectivity index (χ0) is 9.02. The van der Waals surface area contributed by atoms with Crippen molar-refractivity contribution in [2.45, 2.75) is 18.3 Å². The molecule has 7 N–H and O–H groups in total. The molecule has 1 amide bonds. The van der Waals surface area contributed by atoms with Crippen molar-refractivity contribution in [3.8, 4) is 0 Å². The number of aliphatic hydroxyl groups excluding tert-OH is 3. The molecule has 11 heavy (non-hydrogen) atoms. The first kappa shape index (κ1) is 10.3. The Bertz CT molecular complexity index is 140. The van der Waals surface area contributed by atoms with Crippen molar-refractivity contribution in [1.82, 2.24) is 0 Å². The number of nitrogens with two attached hydrogens (primary N) is 2. The Morgan fingerprint density at radius 2 is 1.82 bits per heavy atom. The van der Waals surface area contributed by atoms with Crippen LogP contribution in [0.25, 0.3) is 0 Å². The quantitative estimate of drug-likeness (QED) is 0.294. The summed E-state index contributed by atoms with van der Waals surface area (Å²) in [4.78, 5) is 10.2. The lowest BCUT2D eigenvalue weighted by molar-refractivity contribution is -0.136. The molecule has 0 unspecified atom stereocenters. The highest BCUT2D eigenvalue weighted by Gasteiger charge is 2.27. The van der Waals surface area contributed by atoms with Gasteiger partial charge in [-0.3, -0.25) is 4.79 Å². The highest BCUT2D eigenvalue weighted by atomic mass is 16.4. The van der Waals surface area contributed by atoms with E-state index < -0.39 is 24.2 Å². The number of carbonyl (C=O) groups excluding carboxylic acids is 1. The molecule has 66 valence electrons. The largest absolute Gasteiger partial charge is 0.389 e. The van der Waals surface area contributed by atoms with Crippen molar-refractivity contribution < 1.29 is 20.1 Å². The molecule has 0 saturated carbocycles. The molecule has 0 saturated heterocycles. The second-order valence-corrected chi connectivity index (χ2v) is 2.14. The average Bonchev–Trinajstić information content (AvgIpc) is 2.00. The smallest absolute Gasteiger partial charge is 0.249 e. The lowest BCUT2D eigenvalue weighted by atomic mass is 10.1. The van der Waals surface area contributed by atoms with Crippen molar-refractivity contribution in [3.63, 3.8) is 0 Å². The molecule has 0 radical (unpaired) electrons. The van der Waals surface area contributed by atoms with Gasteiger partial charge in [-0.25, -0.2) is 0 Å². The van der Waals surface area contributed by atoms with E-state index in [1.807, 2.05) is 0 Å². The average molecular weight is 164 g/mol. The van der Waals surface area contributed by atoms with Crippen molar-refractivity contribution in [2.75, 3.05) is 6.54 Å². The van der Waals surface area contributed by atoms with Crippen LogP contribution in [0, 0.1) is 0 Å². The highest BCUT2D eigenvalue weighted by Crippen LogP contribution is 1.97. The molecular weight excluding hydrogens is 152 g/mol. The van der Waals surface area contributed by atoms with Gasteiger partial charge in [-0.15, -0.1) is 0 Å². The summed E-state index contributed by atoms with van der Waals surface area (Å²) in [5, 5.41) is 26.4. The molecule has 0 rings (SSSR count). The van der Waals surface area contributed by atoms with Gasteiger partial charge < -0.3 is 26.8 Å². The Hall–Kier alpha value is -0.690. The van der Waals surface area contributed by atoms with Crippen LogP contribution in [0.5, 0.6) is 0 Å². The van der Waals surface area contributed by atoms with Crippen molar-refractivity contribution >= 4 is 5.91 Å². The maximum atomic E-state index is 10.2.